The van der Waals surface area contributed by atoms with E-state index in [2.05, 4.69) is 9.55 Å². The van der Waals surface area contributed by atoms with Gasteiger partial charge in [-0.05, 0) is 30.4 Å². The van der Waals surface area contributed by atoms with E-state index in [1.165, 1.54) is 6.07 Å². The number of imidazole rings is 1. The van der Waals surface area contributed by atoms with E-state index in [0.29, 0.717) is 11.9 Å². The van der Waals surface area contributed by atoms with Gasteiger partial charge in [0.15, 0.2) is 0 Å². The van der Waals surface area contributed by atoms with Crippen LogP contribution in [0.2, 0.25) is 0 Å². The van der Waals surface area contributed by atoms with Crippen LogP contribution >= 0.6 is 23.4 Å². The zero-order valence-corrected chi connectivity index (χ0v) is 10.8. The Morgan fingerprint density at radius 2 is 2.41 bits per heavy atom. The van der Waals surface area contributed by atoms with Crippen LogP contribution in [-0.2, 0) is 5.88 Å². The van der Waals surface area contributed by atoms with Gasteiger partial charge in [0, 0.05) is 11.8 Å². The summed E-state index contributed by atoms with van der Waals surface area (Å²) in [5.41, 5.74) is 1.70. The van der Waals surface area contributed by atoms with E-state index in [9.17, 15) is 4.39 Å². The molecule has 1 aliphatic rings. The topological polar surface area (TPSA) is 17.8 Å². The Balaban J connectivity index is 2.20. The van der Waals surface area contributed by atoms with Crippen molar-refractivity contribution in [1.29, 1.82) is 0 Å². The number of nitrogens with zero attached hydrogens (tertiary/aromatic N) is 2. The molecule has 0 bridgehead atoms. The first-order valence-corrected chi connectivity index (χ1v) is 7.28. The Morgan fingerprint density at radius 3 is 3.12 bits per heavy atom. The summed E-state index contributed by atoms with van der Waals surface area (Å²) < 4.78 is 15.5. The minimum absolute atomic E-state index is 0.217. The molecule has 1 unspecified atom stereocenters. The van der Waals surface area contributed by atoms with Gasteiger partial charge in [0.05, 0.1) is 16.9 Å². The number of alkyl halides is 1. The maximum Gasteiger partial charge on any atom is 0.125 e. The Morgan fingerprint density at radius 1 is 1.53 bits per heavy atom. The van der Waals surface area contributed by atoms with Crippen LogP contribution in [0.5, 0.6) is 0 Å². The fraction of sp³-hybridized carbons (Fsp3) is 0.417. The van der Waals surface area contributed by atoms with Gasteiger partial charge >= 0.3 is 0 Å². The van der Waals surface area contributed by atoms with E-state index in [-0.39, 0.29) is 5.82 Å². The standard InChI is InChI=1S/C12H12ClFN2S/c13-6-12-15-10-2-1-8(14)5-11(10)16(12)9-3-4-17-7-9/h1-2,5,9H,3-4,6-7H2. The van der Waals surface area contributed by atoms with E-state index in [0.717, 1.165) is 34.8 Å². The van der Waals surface area contributed by atoms with E-state index < -0.39 is 0 Å². The SMILES string of the molecule is Fc1ccc2nc(CCl)n(C3CCSC3)c2c1. The minimum atomic E-state index is -0.217. The predicted octanol–water partition coefficient (Wildman–Crippen LogP) is 3.59. The monoisotopic (exact) mass is 270 g/mol. The van der Waals surface area contributed by atoms with Gasteiger partial charge in [-0.2, -0.15) is 11.8 Å². The molecule has 2 nitrogen and oxygen atoms in total. The van der Waals surface area contributed by atoms with Gasteiger partial charge in [0.25, 0.3) is 0 Å². The van der Waals surface area contributed by atoms with E-state index >= 15 is 0 Å². The molecular weight excluding hydrogens is 259 g/mol. The quantitative estimate of drug-likeness (QED) is 0.776. The third-order valence-electron chi connectivity index (χ3n) is 3.11. The normalized spacial score (nSPS) is 20.2. The molecule has 0 saturated carbocycles. The highest BCUT2D eigenvalue weighted by Gasteiger charge is 2.22. The summed E-state index contributed by atoms with van der Waals surface area (Å²) in [7, 11) is 0. The molecule has 1 aromatic heterocycles. The highest BCUT2D eigenvalue weighted by atomic mass is 35.5. The molecule has 90 valence electrons. The average molecular weight is 271 g/mol. The molecule has 1 saturated heterocycles. The lowest BCUT2D eigenvalue weighted by atomic mass is 10.2. The van der Waals surface area contributed by atoms with Crippen molar-refractivity contribution in [2.75, 3.05) is 11.5 Å². The molecule has 1 aliphatic heterocycles. The highest BCUT2D eigenvalue weighted by molar-refractivity contribution is 7.99. The summed E-state index contributed by atoms with van der Waals surface area (Å²) in [4.78, 5) is 4.47. The van der Waals surface area contributed by atoms with Gasteiger partial charge in [-0.1, -0.05) is 0 Å². The van der Waals surface area contributed by atoms with Crippen molar-refractivity contribution in [3.8, 4) is 0 Å². The van der Waals surface area contributed by atoms with Gasteiger partial charge in [-0.3, -0.25) is 0 Å². The maximum atomic E-state index is 13.3. The van der Waals surface area contributed by atoms with Crippen LogP contribution in [0.1, 0.15) is 18.3 Å². The number of benzene rings is 1. The van der Waals surface area contributed by atoms with Gasteiger partial charge in [-0.25, -0.2) is 9.37 Å². The first-order valence-electron chi connectivity index (χ1n) is 5.59. The molecule has 0 spiro atoms. The zero-order valence-electron chi connectivity index (χ0n) is 9.20. The predicted molar refractivity (Wildman–Crippen MR) is 70.2 cm³/mol. The van der Waals surface area contributed by atoms with Crippen molar-refractivity contribution in [2.24, 2.45) is 0 Å². The molecular formula is C12H12ClFN2S. The van der Waals surface area contributed by atoms with Gasteiger partial charge in [0.1, 0.15) is 11.6 Å². The second-order valence-electron chi connectivity index (χ2n) is 4.18. The highest BCUT2D eigenvalue weighted by Crippen LogP contribution is 2.32. The second kappa shape index (κ2) is 4.50. The van der Waals surface area contributed by atoms with Crippen molar-refractivity contribution in [3.05, 3.63) is 29.8 Å². The molecule has 1 atom stereocenters. The Kier molecular flexibility index (Phi) is 3.01. The summed E-state index contributed by atoms with van der Waals surface area (Å²) in [6.45, 7) is 0. The third kappa shape index (κ3) is 1.93. The van der Waals surface area contributed by atoms with Crippen molar-refractivity contribution in [1.82, 2.24) is 9.55 Å². The van der Waals surface area contributed by atoms with Gasteiger partial charge in [0.2, 0.25) is 0 Å². The maximum absolute atomic E-state index is 13.3. The molecule has 1 aromatic carbocycles. The molecule has 0 radical (unpaired) electrons. The second-order valence-corrected chi connectivity index (χ2v) is 5.60. The molecule has 2 aromatic rings. The van der Waals surface area contributed by atoms with Crippen molar-refractivity contribution in [2.45, 2.75) is 18.3 Å². The smallest absolute Gasteiger partial charge is 0.125 e. The van der Waals surface area contributed by atoms with E-state index in [4.69, 9.17) is 11.6 Å². The molecule has 0 N–H and O–H groups in total. The molecule has 17 heavy (non-hydrogen) atoms. The van der Waals surface area contributed by atoms with Crippen LogP contribution in [-0.4, -0.2) is 21.1 Å². The summed E-state index contributed by atoms with van der Waals surface area (Å²) in [5.74, 6) is 3.22. The third-order valence-corrected chi connectivity index (χ3v) is 4.50. The van der Waals surface area contributed by atoms with Crippen LogP contribution in [0.4, 0.5) is 4.39 Å². The molecule has 3 rings (SSSR count). The fourth-order valence-corrected chi connectivity index (χ4v) is 3.73. The van der Waals surface area contributed by atoms with Gasteiger partial charge in [-0.15, -0.1) is 11.6 Å². The molecule has 2 heterocycles. The number of halogens is 2. The molecule has 1 fully saturated rings. The van der Waals surface area contributed by atoms with Crippen LogP contribution < -0.4 is 0 Å². The first kappa shape index (κ1) is 11.4. The number of fused-ring (bicyclic) bond motifs is 1. The number of rotatable bonds is 2. The van der Waals surface area contributed by atoms with Crippen LogP contribution in [0.25, 0.3) is 11.0 Å². The van der Waals surface area contributed by atoms with Crippen molar-refractivity contribution < 1.29 is 4.39 Å². The molecule has 5 heteroatoms. The van der Waals surface area contributed by atoms with E-state index in [1.807, 2.05) is 11.8 Å². The lowest BCUT2D eigenvalue weighted by Crippen LogP contribution is -2.10. The van der Waals surface area contributed by atoms with Crippen LogP contribution in [0.3, 0.4) is 0 Å². The summed E-state index contributed by atoms with van der Waals surface area (Å²) in [6, 6.07) is 5.13. The van der Waals surface area contributed by atoms with E-state index in [1.54, 1.807) is 12.1 Å². The number of hydrogen-bond acceptors (Lipinski definition) is 2. The minimum Gasteiger partial charge on any atom is -0.323 e. The number of aromatic nitrogens is 2. The fourth-order valence-electron chi connectivity index (χ4n) is 2.34. The summed E-state index contributed by atoms with van der Waals surface area (Å²) in [5, 5.41) is 0. The lowest BCUT2D eigenvalue weighted by molar-refractivity contribution is 0.556. The first-order chi connectivity index (χ1) is 8.29. The van der Waals surface area contributed by atoms with Crippen LogP contribution in [0.15, 0.2) is 18.2 Å². The Labute approximate surface area is 108 Å². The Bertz CT molecular complexity index is 549. The largest absolute Gasteiger partial charge is 0.323 e. The lowest BCUT2D eigenvalue weighted by Gasteiger charge is -2.14. The molecule has 0 aliphatic carbocycles. The van der Waals surface area contributed by atoms with Gasteiger partial charge < -0.3 is 4.57 Å². The molecule has 0 amide bonds. The number of hydrogen-bond donors (Lipinski definition) is 0. The van der Waals surface area contributed by atoms with Crippen LogP contribution in [0, 0.1) is 5.82 Å². The van der Waals surface area contributed by atoms with Crippen molar-refractivity contribution >= 4 is 34.4 Å². The zero-order chi connectivity index (χ0) is 11.8. The van der Waals surface area contributed by atoms with Crippen molar-refractivity contribution in [3.63, 3.8) is 0 Å². The number of thioether (sulfide) groups is 1. The average Bonchev–Trinajstić information content (AvgIpc) is 2.93. The summed E-state index contributed by atoms with van der Waals surface area (Å²) in [6.07, 6.45) is 1.11. The Hall–Kier alpha value is -0.740. The summed E-state index contributed by atoms with van der Waals surface area (Å²) >= 11 is 7.86.